The SMILES string of the molecule is CC/C(O)=C\C=C1\C(=O)C(c2ccc(OC)c(OC)c2)=COC1C. The van der Waals surface area contributed by atoms with Crippen molar-refractivity contribution in [2.45, 2.75) is 26.4 Å². The van der Waals surface area contributed by atoms with Gasteiger partial charge in [0.1, 0.15) is 6.10 Å². The minimum absolute atomic E-state index is 0.138. The Bertz CT molecular complexity index is 712. The number of rotatable bonds is 5. The minimum Gasteiger partial charge on any atom is -0.512 e. The molecule has 0 fully saturated rings. The zero-order valence-corrected chi connectivity index (χ0v) is 14.3. The van der Waals surface area contributed by atoms with Crippen LogP contribution in [0.4, 0.5) is 0 Å². The van der Waals surface area contributed by atoms with E-state index in [0.717, 1.165) is 0 Å². The largest absolute Gasteiger partial charge is 0.512 e. The number of carbonyl (C=O) groups is 1. The van der Waals surface area contributed by atoms with Crippen molar-refractivity contribution in [2.75, 3.05) is 14.2 Å². The van der Waals surface area contributed by atoms with E-state index in [1.165, 1.54) is 12.3 Å². The van der Waals surface area contributed by atoms with E-state index >= 15 is 0 Å². The van der Waals surface area contributed by atoms with Crippen LogP contribution in [0.2, 0.25) is 0 Å². The first-order valence-electron chi connectivity index (χ1n) is 7.74. The fourth-order valence-electron chi connectivity index (χ4n) is 2.35. The molecule has 1 aliphatic rings. The summed E-state index contributed by atoms with van der Waals surface area (Å²) < 4.78 is 16.1. The van der Waals surface area contributed by atoms with Crippen LogP contribution in [0.25, 0.3) is 5.57 Å². The molecule has 1 aromatic carbocycles. The summed E-state index contributed by atoms with van der Waals surface area (Å²) in [6.07, 6.45) is 4.74. The second-order valence-electron chi connectivity index (χ2n) is 5.34. The standard InChI is InChI=1S/C19H22O5/c1-5-14(20)7-8-15-12(2)24-11-16(19(15)21)13-6-9-17(22-3)18(10-13)23-4/h6-12,20H,5H2,1-4H3/b14-7+,15-8+. The molecule has 0 saturated heterocycles. The molecule has 5 heteroatoms. The molecule has 0 bridgehead atoms. The maximum absolute atomic E-state index is 12.8. The van der Waals surface area contributed by atoms with Crippen LogP contribution in [-0.2, 0) is 9.53 Å². The smallest absolute Gasteiger partial charge is 0.196 e. The number of allylic oxidation sites excluding steroid dienone is 4. The monoisotopic (exact) mass is 330 g/mol. The Hall–Kier alpha value is -2.69. The summed E-state index contributed by atoms with van der Waals surface area (Å²) >= 11 is 0. The lowest BCUT2D eigenvalue weighted by molar-refractivity contribution is -0.112. The van der Waals surface area contributed by atoms with Crippen LogP contribution in [0.15, 0.2) is 47.9 Å². The molecular weight excluding hydrogens is 308 g/mol. The van der Waals surface area contributed by atoms with E-state index in [0.29, 0.717) is 34.6 Å². The van der Waals surface area contributed by atoms with Gasteiger partial charge in [-0.3, -0.25) is 4.79 Å². The molecule has 1 heterocycles. The number of methoxy groups -OCH3 is 2. The number of hydrogen-bond acceptors (Lipinski definition) is 5. The number of aliphatic hydroxyl groups is 1. The fourth-order valence-corrected chi connectivity index (χ4v) is 2.35. The predicted octanol–water partition coefficient (Wildman–Crippen LogP) is 3.81. The summed E-state index contributed by atoms with van der Waals surface area (Å²) in [7, 11) is 3.10. The second-order valence-corrected chi connectivity index (χ2v) is 5.34. The van der Waals surface area contributed by atoms with Crippen LogP contribution in [0, 0.1) is 0 Å². The van der Waals surface area contributed by atoms with Gasteiger partial charge in [-0.25, -0.2) is 0 Å². The molecule has 0 aromatic heterocycles. The third kappa shape index (κ3) is 3.62. The average Bonchev–Trinajstić information content (AvgIpc) is 2.60. The normalized spacial score (nSPS) is 19.8. The van der Waals surface area contributed by atoms with Crippen molar-refractivity contribution < 1.29 is 24.1 Å². The molecule has 0 aliphatic carbocycles. The number of benzene rings is 1. The van der Waals surface area contributed by atoms with Gasteiger partial charge in [0.25, 0.3) is 0 Å². The van der Waals surface area contributed by atoms with E-state index in [1.807, 2.05) is 6.92 Å². The van der Waals surface area contributed by atoms with Gasteiger partial charge in [-0.2, -0.15) is 0 Å². The Morgan fingerprint density at radius 3 is 2.62 bits per heavy atom. The lowest BCUT2D eigenvalue weighted by Crippen LogP contribution is -2.23. The molecule has 24 heavy (non-hydrogen) atoms. The molecule has 0 amide bonds. The highest BCUT2D eigenvalue weighted by Gasteiger charge is 2.27. The van der Waals surface area contributed by atoms with E-state index in [4.69, 9.17) is 14.2 Å². The first kappa shape index (κ1) is 17.7. The molecule has 1 atom stereocenters. The quantitative estimate of drug-likeness (QED) is 0.657. The van der Waals surface area contributed by atoms with Crippen molar-refractivity contribution in [1.82, 2.24) is 0 Å². The van der Waals surface area contributed by atoms with Gasteiger partial charge in [0.05, 0.1) is 31.8 Å². The van der Waals surface area contributed by atoms with E-state index < -0.39 is 0 Å². The van der Waals surface area contributed by atoms with E-state index in [9.17, 15) is 9.90 Å². The molecule has 0 radical (unpaired) electrons. The molecule has 1 unspecified atom stereocenters. The second kappa shape index (κ2) is 7.73. The predicted molar refractivity (Wildman–Crippen MR) is 92.2 cm³/mol. The van der Waals surface area contributed by atoms with Crippen molar-refractivity contribution >= 4 is 11.4 Å². The number of hydrogen-bond donors (Lipinski definition) is 1. The van der Waals surface area contributed by atoms with Crippen molar-refractivity contribution in [3.05, 3.63) is 53.5 Å². The Balaban J connectivity index is 2.40. The van der Waals surface area contributed by atoms with Crippen molar-refractivity contribution in [2.24, 2.45) is 0 Å². The first-order valence-corrected chi connectivity index (χ1v) is 7.74. The van der Waals surface area contributed by atoms with Crippen LogP contribution >= 0.6 is 0 Å². The third-order valence-corrected chi connectivity index (χ3v) is 3.85. The average molecular weight is 330 g/mol. The van der Waals surface area contributed by atoms with Gasteiger partial charge in [-0.05, 0) is 36.8 Å². The highest BCUT2D eigenvalue weighted by Crippen LogP contribution is 2.33. The molecule has 128 valence electrons. The number of ether oxygens (including phenoxy) is 3. The van der Waals surface area contributed by atoms with E-state index in [1.54, 1.807) is 45.4 Å². The van der Waals surface area contributed by atoms with Crippen LogP contribution in [0.3, 0.4) is 0 Å². The van der Waals surface area contributed by atoms with Crippen LogP contribution in [0.1, 0.15) is 25.8 Å². The van der Waals surface area contributed by atoms with Crippen LogP contribution in [-0.4, -0.2) is 31.2 Å². The Morgan fingerprint density at radius 2 is 2.00 bits per heavy atom. The van der Waals surface area contributed by atoms with Gasteiger partial charge in [0, 0.05) is 12.0 Å². The van der Waals surface area contributed by atoms with E-state index in [2.05, 4.69) is 0 Å². The van der Waals surface area contributed by atoms with Gasteiger partial charge in [-0.1, -0.05) is 13.0 Å². The van der Waals surface area contributed by atoms with Crippen molar-refractivity contribution in [3.63, 3.8) is 0 Å². The fraction of sp³-hybridized carbons (Fsp3) is 0.316. The summed E-state index contributed by atoms with van der Waals surface area (Å²) in [5.41, 5.74) is 1.60. The molecule has 0 saturated carbocycles. The first-order chi connectivity index (χ1) is 11.5. The van der Waals surface area contributed by atoms with Crippen LogP contribution in [0.5, 0.6) is 11.5 Å². The lowest BCUT2D eigenvalue weighted by Gasteiger charge is -2.22. The number of Topliss-reactive ketones (excluding diaryl/α,β-unsaturated/α-hetero) is 1. The zero-order chi connectivity index (χ0) is 17.7. The summed E-state index contributed by atoms with van der Waals surface area (Å²) in [5.74, 6) is 1.20. The molecule has 1 aliphatic heterocycles. The Labute approximate surface area is 141 Å². The van der Waals surface area contributed by atoms with E-state index in [-0.39, 0.29) is 17.6 Å². The van der Waals surface area contributed by atoms with Gasteiger partial charge < -0.3 is 19.3 Å². The summed E-state index contributed by atoms with van der Waals surface area (Å²) in [5, 5.41) is 9.59. The Morgan fingerprint density at radius 1 is 1.29 bits per heavy atom. The number of aliphatic hydroxyl groups excluding tert-OH is 1. The molecule has 0 spiro atoms. The van der Waals surface area contributed by atoms with Gasteiger partial charge in [-0.15, -0.1) is 0 Å². The molecular formula is C19H22O5. The highest BCUT2D eigenvalue weighted by molar-refractivity contribution is 6.29. The minimum atomic E-state index is -0.373. The molecule has 1 N–H and O–H groups in total. The number of ketones is 1. The summed E-state index contributed by atoms with van der Waals surface area (Å²) in [6.45, 7) is 3.63. The topological polar surface area (TPSA) is 65.0 Å². The zero-order valence-electron chi connectivity index (χ0n) is 14.3. The molecule has 2 rings (SSSR count). The van der Waals surface area contributed by atoms with Gasteiger partial charge >= 0.3 is 0 Å². The third-order valence-electron chi connectivity index (χ3n) is 3.85. The van der Waals surface area contributed by atoms with Crippen molar-refractivity contribution in [3.8, 4) is 11.5 Å². The summed E-state index contributed by atoms with van der Waals surface area (Å²) in [4.78, 5) is 12.8. The maximum atomic E-state index is 12.8. The number of carbonyl (C=O) groups excluding carboxylic acids is 1. The summed E-state index contributed by atoms with van der Waals surface area (Å²) in [6, 6.07) is 5.26. The Kier molecular flexibility index (Phi) is 5.68. The van der Waals surface area contributed by atoms with Crippen LogP contribution < -0.4 is 9.47 Å². The molecule has 5 nitrogen and oxygen atoms in total. The van der Waals surface area contributed by atoms with Gasteiger partial charge in [0.2, 0.25) is 0 Å². The van der Waals surface area contributed by atoms with Crippen molar-refractivity contribution in [1.29, 1.82) is 0 Å². The molecule has 1 aromatic rings. The maximum Gasteiger partial charge on any atom is 0.196 e. The van der Waals surface area contributed by atoms with Gasteiger partial charge in [0.15, 0.2) is 17.3 Å². The highest BCUT2D eigenvalue weighted by atomic mass is 16.5. The lowest BCUT2D eigenvalue weighted by atomic mass is 9.92.